The Hall–Kier alpha value is 0.772. The Morgan fingerprint density at radius 1 is 0.840 bits per heavy atom. The predicted molar refractivity (Wildman–Crippen MR) is 118 cm³/mol. The van der Waals surface area contributed by atoms with Gasteiger partial charge in [0, 0.05) is 39.9 Å². The van der Waals surface area contributed by atoms with E-state index in [1.54, 1.807) is 33.4 Å². The first kappa shape index (κ1) is 33.4. The van der Waals surface area contributed by atoms with Crippen molar-refractivity contribution in [2.45, 2.75) is 67.1 Å². The van der Waals surface area contributed by atoms with Crippen LogP contribution in [0.4, 0.5) is 0 Å². The Morgan fingerprint density at radius 2 is 1.16 bits per heavy atom. The van der Waals surface area contributed by atoms with Gasteiger partial charge in [0.15, 0.2) is 0 Å². The van der Waals surface area contributed by atoms with E-state index >= 15 is 0 Å². The molecule has 0 saturated carbocycles. The summed E-state index contributed by atoms with van der Waals surface area (Å²) in [5, 5.41) is 8.56. The van der Waals surface area contributed by atoms with Crippen LogP contribution in [0.15, 0.2) is 0 Å². The summed E-state index contributed by atoms with van der Waals surface area (Å²) in [4.78, 5) is 5.13. The average molecular weight is 585 g/mol. The van der Waals surface area contributed by atoms with E-state index in [1.807, 2.05) is 0 Å². The third-order valence-corrected chi connectivity index (χ3v) is 6.87. The van der Waals surface area contributed by atoms with E-state index in [0.717, 1.165) is 0 Å². The van der Waals surface area contributed by atoms with Crippen molar-refractivity contribution >= 4 is 13.4 Å². The first-order valence-electron chi connectivity index (χ1n) is 8.24. The van der Waals surface area contributed by atoms with Crippen LogP contribution >= 0.6 is 0 Å². The Morgan fingerprint density at radius 3 is 1.36 bits per heavy atom. The number of rotatable bonds is 2. The van der Waals surface area contributed by atoms with E-state index in [9.17, 15) is 0 Å². The summed E-state index contributed by atoms with van der Waals surface area (Å²) < 4.78 is 0. The molecular formula is C20H42N3SiTh-5. The van der Waals surface area contributed by atoms with Crippen LogP contribution in [0.1, 0.15) is 43.0 Å². The van der Waals surface area contributed by atoms with E-state index in [4.69, 9.17) is 4.98 Å². The first-order chi connectivity index (χ1) is 10.3. The van der Waals surface area contributed by atoms with E-state index in [1.165, 1.54) is 22.3 Å². The summed E-state index contributed by atoms with van der Waals surface area (Å²) in [6.07, 6.45) is 0. The first-order valence-corrected chi connectivity index (χ1v) is 11.2. The normalized spacial score (nSPS) is 10.4. The summed E-state index contributed by atoms with van der Waals surface area (Å²) in [7, 11) is 5.31. The molecule has 0 N–H and O–H groups in total. The fourth-order valence-corrected chi connectivity index (χ4v) is 7.03. The van der Waals surface area contributed by atoms with Crippen LogP contribution in [0.3, 0.4) is 0 Å². The van der Waals surface area contributed by atoms with Gasteiger partial charge in [-0.3, -0.25) is 0 Å². The summed E-state index contributed by atoms with van der Waals surface area (Å²) in [6, 6.07) is 0. The molecule has 0 bridgehead atoms. The molecule has 0 fully saturated rings. The molecule has 0 aliphatic carbocycles. The molecule has 0 saturated heterocycles. The molecule has 150 valence electrons. The van der Waals surface area contributed by atoms with Crippen LogP contribution < -0.4 is 5.19 Å². The summed E-state index contributed by atoms with van der Waals surface area (Å²) in [6.45, 7) is 20.3. The molecule has 1 aromatic rings. The second kappa shape index (κ2) is 14.8. The zero-order valence-electron chi connectivity index (χ0n) is 19.3. The molecule has 0 atom stereocenters. The minimum Gasteiger partial charge on any atom is -0.668 e. The fourth-order valence-electron chi connectivity index (χ4n) is 3.03. The van der Waals surface area contributed by atoms with Gasteiger partial charge in [-0.1, -0.05) is 69.8 Å². The topological polar surface area (TPSA) is 42.3 Å². The zero-order chi connectivity index (χ0) is 19.0. The van der Waals surface area contributed by atoms with Gasteiger partial charge in [-0.25, -0.2) is 5.56 Å². The molecule has 0 aliphatic heterocycles. The standard InChI is InChI=1S/C15H27NSi.2C2H6N.CH3.Th/c1-10-11(2)13(4)14(12(10)3)17(8,9)16-15(5,6)7;2*1-3-2;;/h1-9H3;2*1-2H3;1H3;/q-2;3*-1;. The van der Waals surface area contributed by atoms with Gasteiger partial charge in [-0.05, 0) is 0 Å². The van der Waals surface area contributed by atoms with Gasteiger partial charge in [-0.2, -0.15) is 50.1 Å². The molecule has 0 amide bonds. The Bertz CT molecular complexity index is 433. The van der Waals surface area contributed by atoms with E-state index in [0.29, 0.717) is 0 Å². The quantitative estimate of drug-likeness (QED) is 0.306. The molecule has 0 aliphatic rings. The molecule has 5 heteroatoms. The second-order valence-corrected chi connectivity index (χ2v) is 11.5. The van der Waals surface area contributed by atoms with Gasteiger partial charge in [0.05, 0.1) is 0 Å². The number of hydrogen-bond donors (Lipinski definition) is 0. The molecule has 3 nitrogen and oxygen atoms in total. The van der Waals surface area contributed by atoms with Crippen LogP contribution in [0.25, 0.3) is 15.6 Å². The van der Waals surface area contributed by atoms with Crippen molar-refractivity contribution in [1.29, 1.82) is 0 Å². The monoisotopic (exact) mass is 584 g/mol. The molecule has 1 aromatic carbocycles. The fraction of sp³-hybridized carbons (Fsp3) is 0.700. The van der Waals surface area contributed by atoms with Crippen molar-refractivity contribution in [3.63, 3.8) is 0 Å². The third kappa shape index (κ3) is 12.0. The summed E-state index contributed by atoms with van der Waals surface area (Å²) in [5.74, 6) is 0. The third-order valence-electron chi connectivity index (χ3n) is 3.66. The summed E-state index contributed by atoms with van der Waals surface area (Å²) in [5.41, 5.74) is 5.94. The van der Waals surface area contributed by atoms with E-state index < -0.39 is 8.24 Å². The maximum absolute atomic E-state index is 5.13. The van der Waals surface area contributed by atoms with Crippen molar-refractivity contribution in [1.82, 2.24) is 0 Å². The summed E-state index contributed by atoms with van der Waals surface area (Å²) >= 11 is 0. The van der Waals surface area contributed by atoms with Crippen molar-refractivity contribution in [2.24, 2.45) is 0 Å². The Kier molecular flexibility index (Phi) is 19.7. The van der Waals surface area contributed by atoms with Crippen LogP contribution in [-0.4, -0.2) is 42.0 Å². The molecule has 0 spiro atoms. The van der Waals surface area contributed by atoms with Crippen molar-refractivity contribution < 1.29 is 39.9 Å². The molecular weight excluding hydrogens is 542 g/mol. The predicted octanol–water partition coefficient (Wildman–Crippen LogP) is 5.91. The molecule has 0 unspecified atom stereocenters. The maximum atomic E-state index is 5.13. The molecule has 0 heterocycles. The van der Waals surface area contributed by atoms with Crippen LogP contribution in [0.2, 0.25) is 13.1 Å². The number of hydrogen-bond acceptors (Lipinski definition) is 0. The van der Waals surface area contributed by atoms with Gasteiger partial charge >= 0.3 is 0 Å². The van der Waals surface area contributed by atoms with Crippen LogP contribution in [0, 0.1) is 75.1 Å². The second-order valence-electron chi connectivity index (χ2n) is 7.61. The molecule has 0 aromatic heterocycles. The van der Waals surface area contributed by atoms with Gasteiger partial charge in [0.2, 0.25) is 0 Å². The molecule has 1 rings (SSSR count). The average Bonchev–Trinajstić information content (AvgIpc) is 2.53. The van der Waals surface area contributed by atoms with Crippen LogP contribution in [-0.2, 0) is 0 Å². The minimum atomic E-state index is -1.69. The van der Waals surface area contributed by atoms with Gasteiger partial charge in [0.1, 0.15) is 0 Å². The number of nitrogens with zero attached hydrogens (tertiary/aromatic N) is 3. The van der Waals surface area contributed by atoms with Gasteiger partial charge in [-0.15, -0.1) is 5.54 Å². The minimum absolute atomic E-state index is 0. The van der Waals surface area contributed by atoms with Gasteiger partial charge in [0.25, 0.3) is 0 Å². The Balaban J connectivity index is -0.000000242. The van der Waals surface area contributed by atoms with E-state index in [-0.39, 0.29) is 52.9 Å². The van der Waals surface area contributed by atoms with Crippen molar-refractivity contribution in [3.05, 3.63) is 45.3 Å². The zero-order valence-corrected chi connectivity index (χ0v) is 24.5. The Labute approximate surface area is 192 Å². The smallest absolute Gasteiger partial charge is 0 e. The van der Waals surface area contributed by atoms with Crippen molar-refractivity contribution in [3.8, 4) is 0 Å². The van der Waals surface area contributed by atoms with E-state index in [2.05, 4.69) is 72.2 Å². The largest absolute Gasteiger partial charge is 0.668 e. The maximum Gasteiger partial charge on any atom is 0 e. The molecule has 25 heavy (non-hydrogen) atoms. The SMILES string of the molecule is C[N-]C.C[N-]C.Cc1c(C)c([Si](C)(C)[N-]C(C)(C)C)[c-](C)c1C.[CH3-].[Th]. The molecule has 0 radical (unpaired) electrons. The van der Waals surface area contributed by atoms with Gasteiger partial charge < -0.3 is 23.0 Å². The van der Waals surface area contributed by atoms with Crippen molar-refractivity contribution in [2.75, 3.05) is 28.2 Å². The van der Waals surface area contributed by atoms with Crippen LogP contribution in [0.5, 0.6) is 0 Å².